The summed E-state index contributed by atoms with van der Waals surface area (Å²) in [4.78, 5) is 57.9. The minimum Gasteiger partial charge on any atom is -0.497 e. The predicted octanol–water partition coefficient (Wildman–Crippen LogP) is 1.90. The van der Waals surface area contributed by atoms with E-state index in [1.165, 1.54) is 30.1 Å². The predicted molar refractivity (Wildman–Crippen MR) is 126 cm³/mol. The Kier molecular flexibility index (Phi) is 6.77. The number of nitrogens with one attached hydrogen (secondary N) is 1. The van der Waals surface area contributed by atoms with E-state index in [9.17, 15) is 19.2 Å². The number of furan rings is 1. The molecule has 4 rings (SSSR count). The number of carbonyl (C=O) groups excluding carboxylic acids is 4. The minimum atomic E-state index is -1.76. The molecule has 1 aliphatic rings. The van der Waals surface area contributed by atoms with Crippen molar-refractivity contribution in [1.29, 1.82) is 0 Å². The first-order valence-electron chi connectivity index (χ1n) is 10.9. The maximum Gasteiger partial charge on any atom is 0.410 e. The van der Waals surface area contributed by atoms with Crippen LogP contribution in [0.2, 0.25) is 0 Å². The number of imide groups is 1. The van der Waals surface area contributed by atoms with Gasteiger partial charge in [-0.25, -0.2) is 14.5 Å². The zero-order valence-corrected chi connectivity index (χ0v) is 20.0. The minimum absolute atomic E-state index is 0.117. The summed E-state index contributed by atoms with van der Waals surface area (Å²) < 4.78 is 16.2. The average Bonchev–Trinajstić information content (AvgIpc) is 3.42. The van der Waals surface area contributed by atoms with Gasteiger partial charge >= 0.3 is 12.1 Å². The molecular formula is C24H25N5O7. The highest BCUT2D eigenvalue weighted by Crippen LogP contribution is 2.34. The Hall–Kier alpha value is -4.61. The number of rotatable bonds is 9. The quantitative estimate of drug-likeness (QED) is 0.351. The van der Waals surface area contributed by atoms with Crippen LogP contribution in [0, 0.1) is 0 Å². The molecule has 1 N–H and O–H groups in total. The van der Waals surface area contributed by atoms with Crippen molar-refractivity contribution in [3.63, 3.8) is 0 Å². The smallest absolute Gasteiger partial charge is 0.410 e. The first-order valence-corrected chi connectivity index (χ1v) is 10.9. The van der Waals surface area contributed by atoms with Crippen LogP contribution in [0.25, 0.3) is 11.0 Å². The van der Waals surface area contributed by atoms with Crippen LogP contribution in [0.3, 0.4) is 0 Å². The van der Waals surface area contributed by atoms with Gasteiger partial charge in [-0.2, -0.15) is 0 Å². The normalized spacial score (nSPS) is 17.1. The van der Waals surface area contributed by atoms with Crippen LogP contribution in [0.4, 0.5) is 9.59 Å². The zero-order valence-electron chi connectivity index (χ0n) is 20.0. The molecule has 0 saturated carbocycles. The summed E-state index contributed by atoms with van der Waals surface area (Å²) >= 11 is 0. The fourth-order valence-electron chi connectivity index (χ4n) is 3.84. The van der Waals surface area contributed by atoms with E-state index in [2.05, 4.69) is 10.3 Å². The van der Waals surface area contributed by atoms with Gasteiger partial charge in [0.05, 0.1) is 13.7 Å². The van der Waals surface area contributed by atoms with E-state index >= 15 is 0 Å². The van der Waals surface area contributed by atoms with Crippen LogP contribution in [0.5, 0.6) is 5.75 Å². The summed E-state index contributed by atoms with van der Waals surface area (Å²) in [5.74, 6) is 0.0458. The molecule has 0 radical (unpaired) electrons. The topological polar surface area (TPSA) is 135 Å². The Morgan fingerprint density at radius 3 is 2.61 bits per heavy atom. The number of aromatic nitrogens is 1. The first-order chi connectivity index (χ1) is 17.3. The maximum absolute atomic E-state index is 13.7. The van der Waals surface area contributed by atoms with Gasteiger partial charge in [0.15, 0.2) is 12.3 Å². The summed E-state index contributed by atoms with van der Waals surface area (Å²) in [6, 6.07) is 9.51. The number of pyridine rings is 1. The van der Waals surface area contributed by atoms with Gasteiger partial charge in [-0.05, 0) is 29.8 Å². The lowest BCUT2D eigenvalue weighted by atomic mass is 9.94. The van der Waals surface area contributed by atoms with Gasteiger partial charge in [0.25, 0.3) is 5.91 Å². The molecular weight excluding hydrogens is 470 g/mol. The van der Waals surface area contributed by atoms with Crippen molar-refractivity contribution in [3.8, 4) is 5.75 Å². The van der Waals surface area contributed by atoms with Gasteiger partial charge in [-0.3, -0.25) is 14.6 Å². The Balaban J connectivity index is 1.67. The highest BCUT2D eigenvalue weighted by atomic mass is 16.6. The number of urea groups is 1. The van der Waals surface area contributed by atoms with E-state index in [4.69, 9.17) is 13.9 Å². The lowest BCUT2D eigenvalue weighted by Gasteiger charge is -2.30. The van der Waals surface area contributed by atoms with E-state index < -0.39 is 30.3 Å². The molecule has 1 fully saturated rings. The second kappa shape index (κ2) is 9.94. The van der Waals surface area contributed by atoms with Crippen molar-refractivity contribution in [1.82, 2.24) is 25.0 Å². The lowest BCUT2D eigenvalue weighted by molar-refractivity contribution is -0.136. The number of hydrogen-bond donors (Lipinski definition) is 1. The van der Waals surface area contributed by atoms with Crippen molar-refractivity contribution < 1.29 is 33.1 Å². The summed E-state index contributed by atoms with van der Waals surface area (Å²) in [7, 11) is 4.50. The fourth-order valence-corrected chi connectivity index (χ4v) is 3.84. The largest absolute Gasteiger partial charge is 0.497 e. The van der Waals surface area contributed by atoms with Gasteiger partial charge in [-0.15, -0.1) is 0 Å². The van der Waals surface area contributed by atoms with E-state index in [0.29, 0.717) is 23.1 Å². The Morgan fingerprint density at radius 1 is 1.22 bits per heavy atom. The molecule has 1 aromatic carbocycles. The highest BCUT2D eigenvalue weighted by Gasteiger charge is 2.56. The number of methoxy groups -OCH3 is 1. The zero-order chi connectivity index (χ0) is 25.9. The molecule has 3 heterocycles. The summed E-state index contributed by atoms with van der Waals surface area (Å²) in [6.07, 6.45) is 2.95. The summed E-state index contributed by atoms with van der Waals surface area (Å²) in [6.45, 7) is -0.695. The Bertz CT molecular complexity index is 1260. The van der Waals surface area contributed by atoms with Gasteiger partial charge in [0.2, 0.25) is 6.41 Å². The summed E-state index contributed by atoms with van der Waals surface area (Å²) in [5.41, 5.74) is -0.527. The van der Waals surface area contributed by atoms with Crippen LogP contribution in [-0.2, 0) is 26.4 Å². The van der Waals surface area contributed by atoms with Crippen LogP contribution >= 0.6 is 0 Å². The monoisotopic (exact) mass is 495 g/mol. The molecule has 3 aromatic rings. The molecule has 36 heavy (non-hydrogen) atoms. The molecule has 188 valence electrons. The number of nitrogens with zero attached hydrogens (tertiary/aromatic N) is 4. The molecule has 1 aliphatic heterocycles. The number of fused-ring (bicyclic) bond motifs is 1. The maximum atomic E-state index is 13.7. The van der Waals surface area contributed by atoms with Gasteiger partial charge in [-0.1, -0.05) is 12.1 Å². The molecule has 1 atom stereocenters. The SMILES string of the molecule is COc1ccc(CN(C=O)C[C@@]2(c3cc4cnccc4o3)NC(=O)N(COC(=O)N(C)C)C2=O)cc1. The molecule has 12 nitrogen and oxygen atoms in total. The van der Waals surface area contributed by atoms with Gasteiger partial charge in [0, 0.05) is 38.4 Å². The van der Waals surface area contributed by atoms with Crippen molar-refractivity contribution in [2.24, 2.45) is 0 Å². The number of ether oxygens (including phenoxy) is 2. The van der Waals surface area contributed by atoms with Crippen LogP contribution < -0.4 is 10.1 Å². The number of carbonyl (C=O) groups is 4. The average molecular weight is 495 g/mol. The molecule has 2 aromatic heterocycles. The molecule has 0 spiro atoms. The number of hydrogen-bond acceptors (Lipinski definition) is 8. The van der Waals surface area contributed by atoms with E-state index in [1.54, 1.807) is 49.7 Å². The Morgan fingerprint density at radius 2 is 1.97 bits per heavy atom. The van der Waals surface area contributed by atoms with Crippen molar-refractivity contribution in [2.45, 2.75) is 12.1 Å². The van der Waals surface area contributed by atoms with Crippen molar-refractivity contribution >= 4 is 35.4 Å². The van der Waals surface area contributed by atoms with Crippen LogP contribution in [-0.4, -0.2) is 78.6 Å². The van der Waals surface area contributed by atoms with E-state index in [0.717, 1.165) is 10.5 Å². The Labute approximate surface area is 206 Å². The van der Waals surface area contributed by atoms with Crippen molar-refractivity contribution in [3.05, 3.63) is 60.1 Å². The molecule has 0 bridgehead atoms. The van der Waals surface area contributed by atoms with E-state index in [1.807, 2.05) is 0 Å². The van der Waals surface area contributed by atoms with E-state index in [-0.39, 0.29) is 18.8 Å². The first kappa shape index (κ1) is 24.5. The molecule has 0 aliphatic carbocycles. The molecule has 5 amide bonds. The lowest BCUT2D eigenvalue weighted by Crippen LogP contribution is -2.52. The fraction of sp³-hybridized carbons (Fsp3) is 0.292. The third-order valence-corrected chi connectivity index (χ3v) is 5.73. The van der Waals surface area contributed by atoms with Crippen molar-refractivity contribution in [2.75, 3.05) is 34.5 Å². The third kappa shape index (κ3) is 4.65. The number of amides is 5. The molecule has 0 unspecified atom stereocenters. The summed E-state index contributed by atoms with van der Waals surface area (Å²) in [5, 5.41) is 3.27. The van der Waals surface area contributed by atoms with Gasteiger partial charge < -0.3 is 29.0 Å². The molecule has 12 heteroatoms. The third-order valence-electron chi connectivity index (χ3n) is 5.73. The second-order valence-corrected chi connectivity index (χ2v) is 8.39. The number of benzene rings is 1. The highest BCUT2D eigenvalue weighted by molar-refractivity contribution is 6.07. The van der Waals surface area contributed by atoms with Crippen LogP contribution in [0.1, 0.15) is 11.3 Å². The standard InChI is InChI=1S/C24H25N5O7/c1-27(2)23(33)35-15-29-21(31)24(26-22(29)32,20-10-17-11-25-9-8-19(17)36-20)13-28(14-30)12-16-4-6-18(34-3)7-5-16/h4-11,14H,12-13,15H2,1-3H3,(H,26,32)/t24-/m0/s1. The van der Waals surface area contributed by atoms with Crippen LogP contribution in [0.15, 0.2) is 53.2 Å². The molecule has 1 saturated heterocycles. The second-order valence-electron chi connectivity index (χ2n) is 8.39. The van der Waals surface area contributed by atoms with Gasteiger partial charge in [0.1, 0.15) is 17.1 Å².